The third kappa shape index (κ3) is 3.99. The van der Waals surface area contributed by atoms with Crippen molar-refractivity contribution in [2.24, 2.45) is 0 Å². The Morgan fingerprint density at radius 1 is 1.15 bits per heavy atom. The molecule has 0 radical (unpaired) electrons. The Kier molecular flexibility index (Phi) is 5.14. The molecule has 1 amide bonds. The van der Waals surface area contributed by atoms with Crippen LogP contribution in [0.15, 0.2) is 42.5 Å². The van der Waals surface area contributed by atoms with Crippen LogP contribution in [0.4, 0.5) is 11.4 Å². The van der Waals surface area contributed by atoms with Gasteiger partial charge in [-0.3, -0.25) is 9.69 Å². The number of carbonyl (C=O) groups is 1. The summed E-state index contributed by atoms with van der Waals surface area (Å²) >= 11 is 0. The number of hydrogen-bond acceptors (Lipinski definition) is 4. The summed E-state index contributed by atoms with van der Waals surface area (Å²) in [4.78, 5) is 16.8. The van der Waals surface area contributed by atoms with E-state index in [0.717, 1.165) is 44.2 Å². The lowest BCUT2D eigenvalue weighted by Crippen LogP contribution is -2.35. The zero-order chi connectivity index (χ0) is 18.8. The fraction of sp³-hybridized carbons (Fsp3) is 0.409. The van der Waals surface area contributed by atoms with Gasteiger partial charge in [-0.15, -0.1) is 0 Å². The van der Waals surface area contributed by atoms with Gasteiger partial charge in [0.25, 0.3) is 0 Å². The number of fused-ring (bicyclic) bond motifs is 1. The van der Waals surface area contributed by atoms with E-state index in [1.165, 1.54) is 16.7 Å². The lowest BCUT2D eigenvalue weighted by Gasteiger charge is -2.29. The fourth-order valence-electron chi connectivity index (χ4n) is 3.95. The predicted octanol–water partition coefficient (Wildman–Crippen LogP) is 3.06. The molecular formula is C22H27N3O2. The molecular weight excluding hydrogens is 338 g/mol. The third-order valence-electron chi connectivity index (χ3n) is 5.46. The van der Waals surface area contributed by atoms with Crippen LogP contribution in [0.2, 0.25) is 0 Å². The fourth-order valence-corrected chi connectivity index (χ4v) is 3.95. The number of rotatable bonds is 4. The Labute approximate surface area is 160 Å². The number of anilines is 2. The van der Waals surface area contributed by atoms with Crippen LogP contribution >= 0.6 is 0 Å². The van der Waals surface area contributed by atoms with Crippen LogP contribution in [-0.2, 0) is 16.1 Å². The van der Waals surface area contributed by atoms with Crippen LogP contribution in [0.3, 0.4) is 0 Å². The molecule has 142 valence electrons. The average molecular weight is 365 g/mol. The maximum Gasteiger partial charge on any atom is 0.225 e. The normalized spacial score (nSPS) is 20.1. The highest BCUT2D eigenvalue weighted by atomic mass is 16.5. The second-order valence-corrected chi connectivity index (χ2v) is 7.60. The first-order valence-corrected chi connectivity index (χ1v) is 9.60. The van der Waals surface area contributed by atoms with Gasteiger partial charge in [0.15, 0.2) is 0 Å². The van der Waals surface area contributed by atoms with Crippen LogP contribution in [-0.4, -0.2) is 51.2 Å². The van der Waals surface area contributed by atoms with Crippen LogP contribution in [0.1, 0.15) is 29.0 Å². The summed E-state index contributed by atoms with van der Waals surface area (Å²) in [5, 5.41) is 3.05. The highest BCUT2D eigenvalue weighted by Crippen LogP contribution is 2.39. The van der Waals surface area contributed by atoms with Crippen molar-refractivity contribution in [1.82, 2.24) is 4.90 Å². The Bertz CT molecular complexity index is 828. The molecule has 2 aliphatic rings. The lowest BCUT2D eigenvalue weighted by molar-refractivity contribution is -0.116. The minimum absolute atomic E-state index is 0.0852. The molecule has 2 aliphatic heterocycles. The Balaban J connectivity index is 1.61. The SMILES string of the molecule is CN(C)c1ccc2c(c1)NC(=O)C[C@@H]2c1cccc(CN2CCOCC2)c1. The number of carbonyl (C=O) groups excluding carboxylic acids is 1. The Hall–Kier alpha value is -2.37. The molecule has 2 heterocycles. The van der Waals surface area contributed by atoms with Crippen LogP contribution in [0.5, 0.6) is 0 Å². The largest absolute Gasteiger partial charge is 0.379 e. The number of ether oxygens (including phenoxy) is 1. The van der Waals surface area contributed by atoms with E-state index in [2.05, 4.69) is 57.6 Å². The standard InChI is InChI=1S/C22H27N3O2/c1-24(2)18-6-7-19-20(14-22(26)23-21(19)13-18)17-5-3-4-16(12-17)15-25-8-10-27-11-9-25/h3-7,12-13,20H,8-11,14-15H2,1-2H3,(H,23,26)/t20-/m1/s1. The Morgan fingerprint density at radius 3 is 2.74 bits per heavy atom. The van der Waals surface area contributed by atoms with Crippen molar-refractivity contribution in [2.45, 2.75) is 18.9 Å². The summed E-state index contributed by atoms with van der Waals surface area (Å²) in [7, 11) is 4.03. The highest BCUT2D eigenvalue weighted by Gasteiger charge is 2.27. The second-order valence-electron chi connectivity index (χ2n) is 7.60. The molecule has 0 unspecified atom stereocenters. The van der Waals surface area contributed by atoms with Gasteiger partial charge in [0.2, 0.25) is 5.91 Å². The first kappa shape index (κ1) is 18.0. The van der Waals surface area contributed by atoms with Gasteiger partial charge in [-0.1, -0.05) is 30.3 Å². The van der Waals surface area contributed by atoms with E-state index >= 15 is 0 Å². The zero-order valence-corrected chi connectivity index (χ0v) is 16.1. The van der Waals surface area contributed by atoms with Gasteiger partial charge in [0.1, 0.15) is 0 Å². The molecule has 2 aromatic rings. The molecule has 1 N–H and O–H groups in total. The maximum atomic E-state index is 12.3. The summed E-state index contributed by atoms with van der Waals surface area (Å²) in [6.45, 7) is 4.51. The topological polar surface area (TPSA) is 44.8 Å². The quantitative estimate of drug-likeness (QED) is 0.905. The van der Waals surface area contributed by atoms with Crippen molar-refractivity contribution in [3.05, 3.63) is 59.2 Å². The second kappa shape index (κ2) is 7.71. The minimum atomic E-state index is 0.0852. The molecule has 0 spiro atoms. The summed E-state index contributed by atoms with van der Waals surface area (Å²) in [6, 6.07) is 15.1. The summed E-state index contributed by atoms with van der Waals surface area (Å²) in [5.74, 6) is 0.191. The molecule has 0 bridgehead atoms. The van der Waals surface area contributed by atoms with Crippen LogP contribution in [0.25, 0.3) is 0 Å². The van der Waals surface area contributed by atoms with Crippen molar-refractivity contribution in [3.8, 4) is 0 Å². The zero-order valence-electron chi connectivity index (χ0n) is 16.1. The monoisotopic (exact) mass is 365 g/mol. The van der Waals surface area contributed by atoms with Crippen molar-refractivity contribution < 1.29 is 9.53 Å². The first-order chi connectivity index (χ1) is 13.1. The Morgan fingerprint density at radius 2 is 1.96 bits per heavy atom. The van der Waals surface area contributed by atoms with Gasteiger partial charge in [-0.05, 0) is 28.8 Å². The molecule has 27 heavy (non-hydrogen) atoms. The van der Waals surface area contributed by atoms with E-state index in [4.69, 9.17) is 4.74 Å². The van der Waals surface area contributed by atoms with E-state index in [-0.39, 0.29) is 11.8 Å². The molecule has 1 atom stereocenters. The number of nitrogens with one attached hydrogen (secondary N) is 1. The number of morpholine rings is 1. The summed E-state index contributed by atoms with van der Waals surface area (Å²) in [5.41, 5.74) is 5.74. The number of nitrogens with zero attached hydrogens (tertiary/aromatic N) is 2. The predicted molar refractivity (Wildman–Crippen MR) is 108 cm³/mol. The minimum Gasteiger partial charge on any atom is -0.379 e. The number of benzene rings is 2. The smallest absolute Gasteiger partial charge is 0.225 e. The number of amides is 1. The average Bonchev–Trinajstić information content (AvgIpc) is 2.67. The first-order valence-electron chi connectivity index (χ1n) is 9.60. The van der Waals surface area contributed by atoms with E-state index < -0.39 is 0 Å². The molecule has 1 saturated heterocycles. The van der Waals surface area contributed by atoms with Crippen molar-refractivity contribution in [3.63, 3.8) is 0 Å². The van der Waals surface area contributed by atoms with Gasteiger partial charge in [0.05, 0.1) is 13.2 Å². The molecule has 2 aromatic carbocycles. The van der Waals surface area contributed by atoms with E-state index in [9.17, 15) is 4.79 Å². The molecule has 0 aromatic heterocycles. The molecule has 4 rings (SSSR count). The molecule has 0 saturated carbocycles. The summed E-state index contributed by atoms with van der Waals surface area (Å²) < 4.78 is 5.44. The van der Waals surface area contributed by atoms with Crippen molar-refractivity contribution in [1.29, 1.82) is 0 Å². The van der Waals surface area contributed by atoms with Gasteiger partial charge < -0.3 is 15.0 Å². The van der Waals surface area contributed by atoms with Crippen LogP contribution < -0.4 is 10.2 Å². The molecule has 5 heteroatoms. The van der Waals surface area contributed by atoms with Gasteiger partial charge in [0, 0.05) is 57.4 Å². The van der Waals surface area contributed by atoms with Gasteiger partial charge in [-0.2, -0.15) is 0 Å². The van der Waals surface area contributed by atoms with Gasteiger partial charge >= 0.3 is 0 Å². The van der Waals surface area contributed by atoms with Crippen LogP contribution in [0, 0.1) is 0 Å². The van der Waals surface area contributed by atoms with E-state index in [1.54, 1.807) is 0 Å². The summed E-state index contributed by atoms with van der Waals surface area (Å²) in [6.07, 6.45) is 0.495. The third-order valence-corrected chi connectivity index (χ3v) is 5.46. The molecule has 1 fully saturated rings. The van der Waals surface area contributed by atoms with E-state index in [0.29, 0.717) is 6.42 Å². The van der Waals surface area contributed by atoms with Gasteiger partial charge in [-0.25, -0.2) is 0 Å². The van der Waals surface area contributed by atoms with Crippen molar-refractivity contribution >= 4 is 17.3 Å². The number of hydrogen-bond donors (Lipinski definition) is 1. The van der Waals surface area contributed by atoms with E-state index in [1.807, 2.05) is 14.1 Å². The highest BCUT2D eigenvalue weighted by molar-refractivity contribution is 5.96. The van der Waals surface area contributed by atoms with Crippen molar-refractivity contribution in [2.75, 3.05) is 50.6 Å². The lowest BCUT2D eigenvalue weighted by atomic mass is 9.84. The maximum absolute atomic E-state index is 12.3. The molecule has 0 aliphatic carbocycles. The molecule has 5 nitrogen and oxygen atoms in total.